The molecule has 1 fully saturated rings. The first-order valence-corrected chi connectivity index (χ1v) is 10.5. The Labute approximate surface area is 175 Å². The van der Waals surface area contributed by atoms with Crippen molar-refractivity contribution < 1.29 is 14.3 Å². The van der Waals surface area contributed by atoms with Crippen molar-refractivity contribution in [2.75, 3.05) is 20.2 Å². The summed E-state index contributed by atoms with van der Waals surface area (Å²) in [4.78, 5) is 27.5. The molecule has 0 amide bonds. The van der Waals surface area contributed by atoms with E-state index in [1.807, 2.05) is 36.4 Å². The highest BCUT2D eigenvalue weighted by Crippen LogP contribution is 2.26. The van der Waals surface area contributed by atoms with Gasteiger partial charge in [0.05, 0.1) is 13.2 Å². The summed E-state index contributed by atoms with van der Waals surface area (Å²) >= 11 is 3.43. The molecule has 0 saturated carbocycles. The van der Waals surface area contributed by atoms with Gasteiger partial charge in [0, 0.05) is 15.6 Å². The molecule has 0 unspecified atom stereocenters. The highest BCUT2D eigenvalue weighted by molar-refractivity contribution is 9.10. The molecule has 2 aromatic rings. The van der Waals surface area contributed by atoms with Gasteiger partial charge in [0.25, 0.3) is 0 Å². The Morgan fingerprint density at radius 2 is 1.68 bits per heavy atom. The molecule has 1 saturated heterocycles. The summed E-state index contributed by atoms with van der Waals surface area (Å²) in [6, 6.07) is 12.7. The fourth-order valence-corrected chi connectivity index (χ4v) is 4.05. The van der Waals surface area contributed by atoms with Crippen molar-refractivity contribution in [2.24, 2.45) is 0 Å². The lowest BCUT2D eigenvalue weighted by Gasteiger charge is -2.34. The van der Waals surface area contributed by atoms with Gasteiger partial charge in [-0.05, 0) is 75.2 Å². The van der Waals surface area contributed by atoms with Gasteiger partial charge in [-0.25, -0.2) is 0 Å². The average molecular weight is 444 g/mol. The van der Waals surface area contributed by atoms with Crippen LogP contribution in [0, 0.1) is 0 Å². The number of carbonyl (C=O) groups is 2. The number of rotatable bonds is 7. The van der Waals surface area contributed by atoms with Crippen molar-refractivity contribution in [1.29, 1.82) is 0 Å². The number of Topliss-reactive ketones (excluding diaryl/α,β-unsaturated/α-hetero) is 2. The van der Waals surface area contributed by atoms with E-state index in [0.717, 1.165) is 41.7 Å². The minimum absolute atomic E-state index is 0.0117. The van der Waals surface area contributed by atoms with E-state index in [4.69, 9.17) is 4.74 Å². The predicted molar refractivity (Wildman–Crippen MR) is 114 cm³/mol. The number of halogens is 1. The molecular weight excluding hydrogens is 418 g/mol. The van der Waals surface area contributed by atoms with E-state index in [0.29, 0.717) is 17.5 Å². The Bertz CT molecular complexity index is 841. The number of piperidine rings is 1. The van der Waals surface area contributed by atoms with Gasteiger partial charge >= 0.3 is 0 Å². The Morgan fingerprint density at radius 1 is 1.04 bits per heavy atom. The van der Waals surface area contributed by atoms with Crippen molar-refractivity contribution in [1.82, 2.24) is 4.90 Å². The van der Waals surface area contributed by atoms with Gasteiger partial charge in [-0.15, -0.1) is 0 Å². The third kappa shape index (κ3) is 4.89. The van der Waals surface area contributed by atoms with E-state index in [1.54, 1.807) is 20.1 Å². The van der Waals surface area contributed by atoms with Crippen LogP contribution in [0.25, 0.3) is 0 Å². The maximum absolute atomic E-state index is 13.4. The summed E-state index contributed by atoms with van der Waals surface area (Å²) in [5.74, 6) is 0.845. The second-order valence-corrected chi connectivity index (χ2v) is 8.19. The lowest BCUT2D eigenvalue weighted by molar-refractivity contribution is 0.0782. The highest BCUT2D eigenvalue weighted by atomic mass is 79.9. The minimum atomic E-state index is -0.266. The first-order valence-electron chi connectivity index (χ1n) is 9.71. The van der Waals surface area contributed by atoms with Crippen molar-refractivity contribution in [3.63, 3.8) is 0 Å². The van der Waals surface area contributed by atoms with Gasteiger partial charge in [-0.2, -0.15) is 0 Å². The molecule has 0 N–H and O–H groups in total. The van der Waals surface area contributed by atoms with E-state index in [-0.39, 0.29) is 17.6 Å². The first kappa shape index (κ1) is 20.7. The SMILES string of the molecule is COc1ccc(C(C)=O)cc1C[C@@H](C(=O)c1ccc(Br)cc1)N1CCCCC1. The molecule has 148 valence electrons. The van der Waals surface area contributed by atoms with Gasteiger partial charge in [0.2, 0.25) is 0 Å². The van der Waals surface area contributed by atoms with Crippen molar-refractivity contribution in [3.05, 3.63) is 63.6 Å². The molecular formula is C23H26BrNO3. The molecule has 1 atom stereocenters. The standard InChI is InChI=1S/C23H26BrNO3/c1-16(26)18-8-11-22(28-2)19(14-18)15-21(25-12-4-3-5-13-25)23(27)17-6-9-20(24)10-7-17/h6-11,14,21H,3-5,12-13,15H2,1-2H3/t21-/m0/s1. The zero-order valence-electron chi connectivity index (χ0n) is 16.4. The molecule has 3 rings (SSSR count). The molecule has 0 bridgehead atoms. The van der Waals surface area contributed by atoms with E-state index >= 15 is 0 Å². The molecule has 0 spiro atoms. The van der Waals surface area contributed by atoms with Crippen LogP contribution < -0.4 is 4.74 Å². The number of hydrogen-bond donors (Lipinski definition) is 0. The van der Waals surface area contributed by atoms with E-state index in [2.05, 4.69) is 20.8 Å². The largest absolute Gasteiger partial charge is 0.496 e. The van der Waals surface area contributed by atoms with Gasteiger partial charge in [0.15, 0.2) is 11.6 Å². The van der Waals surface area contributed by atoms with Crippen molar-refractivity contribution in [3.8, 4) is 5.75 Å². The number of nitrogens with zero attached hydrogens (tertiary/aromatic N) is 1. The maximum atomic E-state index is 13.4. The summed E-state index contributed by atoms with van der Waals surface area (Å²) in [7, 11) is 1.62. The van der Waals surface area contributed by atoms with Crippen LogP contribution in [-0.4, -0.2) is 42.7 Å². The van der Waals surface area contributed by atoms with Crippen molar-refractivity contribution >= 4 is 27.5 Å². The monoisotopic (exact) mass is 443 g/mol. The van der Waals surface area contributed by atoms with Crippen LogP contribution in [0.4, 0.5) is 0 Å². The van der Waals surface area contributed by atoms with Gasteiger partial charge in [0.1, 0.15) is 5.75 Å². The predicted octanol–water partition coefficient (Wildman–Crippen LogP) is 4.94. The Hall–Kier alpha value is -1.98. The van der Waals surface area contributed by atoms with Crippen LogP contribution in [0.1, 0.15) is 52.5 Å². The molecule has 0 aromatic heterocycles. The maximum Gasteiger partial charge on any atom is 0.180 e. The second kappa shape index (κ2) is 9.48. The van der Waals surface area contributed by atoms with Crippen LogP contribution in [0.15, 0.2) is 46.9 Å². The average Bonchev–Trinajstić information content (AvgIpc) is 2.72. The number of ketones is 2. The zero-order valence-corrected chi connectivity index (χ0v) is 18.0. The Kier molecular flexibility index (Phi) is 7.03. The van der Waals surface area contributed by atoms with Crippen LogP contribution in [0.5, 0.6) is 5.75 Å². The topological polar surface area (TPSA) is 46.6 Å². The second-order valence-electron chi connectivity index (χ2n) is 7.27. The normalized spacial score (nSPS) is 15.8. The minimum Gasteiger partial charge on any atom is -0.496 e. The molecule has 1 aliphatic heterocycles. The summed E-state index contributed by atoms with van der Waals surface area (Å²) in [6.45, 7) is 3.39. The summed E-state index contributed by atoms with van der Waals surface area (Å²) in [6.07, 6.45) is 3.95. The quantitative estimate of drug-likeness (QED) is 0.568. The third-order valence-corrected chi connectivity index (χ3v) is 5.89. The summed E-state index contributed by atoms with van der Waals surface area (Å²) in [5.41, 5.74) is 2.25. The van der Waals surface area contributed by atoms with Gasteiger partial charge < -0.3 is 4.74 Å². The third-order valence-electron chi connectivity index (χ3n) is 5.36. The number of hydrogen-bond acceptors (Lipinski definition) is 4. The molecule has 5 heteroatoms. The Balaban J connectivity index is 1.95. The van der Waals surface area contributed by atoms with Gasteiger partial charge in [-0.3, -0.25) is 14.5 Å². The van der Waals surface area contributed by atoms with Crippen LogP contribution >= 0.6 is 15.9 Å². The number of benzene rings is 2. The molecule has 28 heavy (non-hydrogen) atoms. The summed E-state index contributed by atoms with van der Waals surface area (Å²) < 4.78 is 6.48. The number of methoxy groups -OCH3 is 1. The molecule has 2 aromatic carbocycles. The number of carbonyl (C=O) groups excluding carboxylic acids is 2. The van der Waals surface area contributed by atoms with Crippen LogP contribution in [0.3, 0.4) is 0 Å². The number of likely N-dealkylation sites (tertiary alicyclic amines) is 1. The first-order chi connectivity index (χ1) is 13.5. The lowest BCUT2D eigenvalue weighted by Crippen LogP contribution is -2.45. The molecule has 1 aliphatic rings. The Morgan fingerprint density at radius 3 is 2.29 bits per heavy atom. The van der Waals surface area contributed by atoms with E-state index in [1.165, 1.54) is 6.42 Å². The van der Waals surface area contributed by atoms with E-state index < -0.39 is 0 Å². The zero-order chi connectivity index (χ0) is 20.1. The smallest absolute Gasteiger partial charge is 0.180 e. The fourth-order valence-electron chi connectivity index (χ4n) is 3.79. The molecule has 0 aliphatic carbocycles. The van der Waals surface area contributed by atoms with Crippen molar-refractivity contribution in [2.45, 2.75) is 38.6 Å². The summed E-state index contributed by atoms with van der Waals surface area (Å²) in [5, 5.41) is 0. The molecule has 0 radical (unpaired) electrons. The highest BCUT2D eigenvalue weighted by Gasteiger charge is 2.29. The molecule has 4 nitrogen and oxygen atoms in total. The fraction of sp³-hybridized carbons (Fsp3) is 0.391. The van der Waals surface area contributed by atoms with Crippen LogP contribution in [-0.2, 0) is 6.42 Å². The van der Waals surface area contributed by atoms with Gasteiger partial charge in [-0.1, -0.05) is 34.5 Å². The lowest BCUT2D eigenvalue weighted by atomic mass is 9.93. The van der Waals surface area contributed by atoms with E-state index in [9.17, 15) is 9.59 Å². The molecule has 1 heterocycles. The number of ether oxygens (including phenoxy) is 1. The van der Waals surface area contributed by atoms with Crippen LogP contribution in [0.2, 0.25) is 0 Å².